The Morgan fingerprint density at radius 2 is 2.00 bits per heavy atom. The van der Waals surface area contributed by atoms with Gasteiger partial charge < -0.3 is 17.1 Å². The van der Waals surface area contributed by atoms with Gasteiger partial charge in [0.1, 0.15) is 0 Å². The first-order valence-corrected chi connectivity index (χ1v) is 3.51. The molecule has 0 saturated carbocycles. The van der Waals surface area contributed by atoms with Gasteiger partial charge in [-0.05, 0) is 7.05 Å². The number of hydrogen-bond acceptors (Lipinski definition) is 1. The Labute approximate surface area is 55.2 Å². The normalized spacial score (nSPS) is 4.86. The first-order chi connectivity index (χ1) is 3.33. The van der Waals surface area contributed by atoms with Gasteiger partial charge in [-0.3, -0.25) is 0 Å². The third-order valence-electron chi connectivity index (χ3n) is 0.125. The van der Waals surface area contributed by atoms with E-state index in [9.17, 15) is 0 Å². The molecule has 0 aliphatic heterocycles. The Morgan fingerprint density at radius 3 is 2.00 bits per heavy atom. The molecule has 3 heteroatoms. The van der Waals surface area contributed by atoms with E-state index in [2.05, 4.69) is 9.72 Å². The molecule has 0 amide bonds. The molecule has 0 aromatic heterocycles. The molecule has 0 heterocycles. The van der Waals surface area contributed by atoms with E-state index in [1.165, 1.54) is 0 Å². The van der Waals surface area contributed by atoms with Crippen LogP contribution < -0.4 is 5.32 Å². The standard InChI is InChI=1S/C2H5N2.C2H4.W/c1-4-2-3;1-2;/h1H3,(H2,3,4);1H,2H3;/q-1;;. The zero-order valence-electron chi connectivity index (χ0n) is 4.49. The van der Waals surface area contributed by atoms with Crippen LogP contribution in [-0.2, 0) is 19.4 Å². The molecule has 0 atom stereocenters. The van der Waals surface area contributed by atoms with Crippen LogP contribution in [0.25, 0.3) is 0 Å². The summed E-state index contributed by atoms with van der Waals surface area (Å²) in [7, 11) is 1.63. The van der Waals surface area contributed by atoms with Gasteiger partial charge in [-0.25, -0.2) is 0 Å². The molecular weight excluding hydrogens is 260 g/mol. The van der Waals surface area contributed by atoms with Gasteiger partial charge in [-0.1, -0.05) is 0 Å². The van der Waals surface area contributed by atoms with Crippen LogP contribution in [-0.4, -0.2) is 17.8 Å². The molecule has 0 aromatic rings. The van der Waals surface area contributed by atoms with E-state index >= 15 is 0 Å². The third-order valence-corrected chi connectivity index (χ3v) is 0.125. The summed E-state index contributed by atoms with van der Waals surface area (Å²) < 4.78 is 2.08. The van der Waals surface area contributed by atoms with Crippen LogP contribution >= 0.6 is 0 Å². The minimum atomic E-state index is 1.55. The molecule has 0 aromatic carbocycles. The second kappa shape index (κ2) is 16.6. The van der Waals surface area contributed by atoms with Crippen molar-refractivity contribution in [3.8, 4) is 0 Å². The van der Waals surface area contributed by atoms with E-state index in [1.54, 1.807) is 26.4 Å². The zero-order chi connectivity index (χ0) is 6.12. The molecular formula is C4H9N2W-. The summed E-state index contributed by atoms with van der Waals surface area (Å²) in [5, 5.41) is 8.44. The predicted octanol–water partition coefficient (Wildman–Crippen LogP) is 0.0452. The van der Waals surface area contributed by atoms with E-state index in [0.29, 0.717) is 0 Å². The summed E-state index contributed by atoms with van der Waals surface area (Å²) in [6.45, 7) is 2.04. The first kappa shape index (κ1) is 10.1. The Hall–Kier alpha value is 0.0283. The van der Waals surface area contributed by atoms with Crippen molar-refractivity contribution in [1.29, 1.82) is 5.41 Å². The molecule has 0 unspecified atom stereocenters. The first-order valence-electron chi connectivity index (χ1n) is 1.81. The van der Waals surface area contributed by atoms with Crippen molar-refractivity contribution >= 4 is 10.7 Å². The van der Waals surface area contributed by atoms with Crippen molar-refractivity contribution in [3.63, 3.8) is 0 Å². The van der Waals surface area contributed by atoms with Gasteiger partial charge in [-0.2, -0.15) is 0 Å². The monoisotopic (exact) mass is 269 g/mol. The maximum atomic E-state index is 6.09. The second-order valence-corrected chi connectivity index (χ2v) is 2.30. The summed E-state index contributed by atoms with van der Waals surface area (Å²) in [5.41, 5.74) is 0. The summed E-state index contributed by atoms with van der Waals surface area (Å²) in [6.07, 6.45) is 1.93. The van der Waals surface area contributed by atoms with Crippen LogP contribution in [0.3, 0.4) is 0 Å². The van der Waals surface area contributed by atoms with Gasteiger partial charge in [0.25, 0.3) is 0 Å². The van der Waals surface area contributed by atoms with E-state index in [1.807, 2.05) is 13.3 Å². The molecule has 0 radical (unpaired) electrons. The van der Waals surface area contributed by atoms with Crippen LogP contribution in [0.2, 0.25) is 0 Å². The fourth-order valence-corrected chi connectivity index (χ4v) is 0. The maximum absolute atomic E-state index is 6.09. The molecule has 2 N–H and O–H groups in total. The van der Waals surface area contributed by atoms with Gasteiger partial charge in [0, 0.05) is 0 Å². The van der Waals surface area contributed by atoms with Crippen molar-refractivity contribution in [3.05, 3.63) is 0 Å². The van der Waals surface area contributed by atoms with Gasteiger partial charge >= 0.3 is 30.7 Å². The molecule has 0 bridgehead atoms. The van der Waals surface area contributed by atoms with Crippen LogP contribution in [0, 0.1) is 5.41 Å². The fraction of sp³-hybridized carbons (Fsp3) is 0.500. The van der Waals surface area contributed by atoms with Crippen molar-refractivity contribution in [1.82, 2.24) is 5.32 Å². The Morgan fingerprint density at radius 1 is 1.86 bits per heavy atom. The van der Waals surface area contributed by atoms with Crippen LogP contribution in [0.15, 0.2) is 0 Å². The molecule has 0 saturated heterocycles. The average molecular weight is 269 g/mol. The van der Waals surface area contributed by atoms with Gasteiger partial charge in [0.2, 0.25) is 0 Å². The predicted molar refractivity (Wildman–Crippen MR) is 28.5 cm³/mol. The summed E-state index contributed by atoms with van der Waals surface area (Å²) in [6, 6.07) is 0. The van der Waals surface area contributed by atoms with E-state index in [0.717, 1.165) is 0 Å². The number of hydrogen-bond donors (Lipinski definition) is 2. The summed E-state index contributed by atoms with van der Waals surface area (Å²) in [5.74, 6) is 0. The van der Waals surface area contributed by atoms with Crippen molar-refractivity contribution in [2.45, 2.75) is 6.92 Å². The number of nitrogens with one attached hydrogen (secondary N) is 2. The third kappa shape index (κ3) is 92.5. The van der Waals surface area contributed by atoms with E-state index in [-0.39, 0.29) is 0 Å². The molecule has 0 spiro atoms. The van der Waals surface area contributed by atoms with Crippen LogP contribution in [0.4, 0.5) is 0 Å². The van der Waals surface area contributed by atoms with Gasteiger partial charge in [0.05, 0.1) is 0 Å². The van der Waals surface area contributed by atoms with Crippen LogP contribution in [0.5, 0.6) is 0 Å². The molecule has 0 rings (SSSR count). The van der Waals surface area contributed by atoms with E-state index < -0.39 is 0 Å². The topological polar surface area (TPSA) is 35.9 Å². The molecule has 2 nitrogen and oxygen atoms in total. The van der Waals surface area contributed by atoms with Crippen molar-refractivity contribution in [2.75, 3.05) is 7.05 Å². The van der Waals surface area contributed by atoms with Gasteiger partial charge in [-0.15, -0.1) is 0 Å². The molecule has 0 fully saturated rings. The SMILES string of the molecule is CN[C-]=N.C[CH]=[W]. The molecule has 0 aliphatic rings. The quantitative estimate of drug-likeness (QED) is 0.300. The average Bonchev–Trinajstić information content (AvgIpc) is 1.69. The van der Waals surface area contributed by atoms with Crippen molar-refractivity contribution in [2.24, 2.45) is 0 Å². The summed E-state index contributed by atoms with van der Waals surface area (Å²) in [4.78, 5) is 0. The minimum absolute atomic E-state index is 1.55. The second-order valence-electron chi connectivity index (χ2n) is 0.611. The Balaban J connectivity index is 0. The zero-order valence-corrected chi connectivity index (χ0v) is 7.42. The van der Waals surface area contributed by atoms with Crippen LogP contribution in [0.1, 0.15) is 6.92 Å². The fourth-order valence-electron chi connectivity index (χ4n) is 0. The summed E-state index contributed by atoms with van der Waals surface area (Å²) >= 11 is 1.55. The number of rotatable bonds is 1. The van der Waals surface area contributed by atoms with Gasteiger partial charge in [0.15, 0.2) is 0 Å². The Bertz CT molecular complexity index is 45.0. The molecule has 0 aliphatic carbocycles. The van der Waals surface area contributed by atoms with Crippen molar-refractivity contribution < 1.29 is 19.4 Å². The molecule has 7 heavy (non-hydrogen) atoms. The Kier molecular flexibility index (Phi) is 24.0. The van der Waals surface area contributed by atoms with E-state index in [4.69, 9.17) is 5.41 Å². The molecule has 42 valence electrons.